The Bertz CT molecular complexity index is 1300. The predicted octanol–water partition coefficient (Wildman–Crippen LogP) is 7.77. The second-order valence-electron chi connectivity index (χ2n) is 7.82. The lowest BCUT2D eigenvalue weighted by molar-refractivity contribution is 0.0961. The quantitative estimate of drug-likeness (QED) is 0.232. The minimum absolute atomic E-state index is 0.00188. The minimum Gasteiger partial charge on any atom is -0.297 e. The highest BCUT2D eigenvalue weighted by Gasteiger charge is 2.43. The number of rotatable bonds is 2. The van der Waals surface area contributed by atoms with Crippen molar-refractivity contribution in [3.8, 4) is 22.3 Å². The summed E-state index contributed by atoms with van der Waals surface area (Å²) in [6, 6.07) is 26.2. The van der Waals surface area contributed by atoms with Gasteiger partial charge in [-0.2, -0.15) is 0 Å². The van der Waals surface area contributed by atoms with E-state index in [1.165, 1.54) is 0 Å². The van der Waals surface area contributed by atoms with Crippen molar-refractivity contribution >= 4 is 44.5 Å². The summed E-state index contributed by atoms with van der Waals surface area (Å²) >= 11 is 5.64. The van der Waals surface area contributed by atoms with Gasteiger partial charge in [0.15, 0.2) is 0 Å². The fourth-order valence-corrected chi connectivity index (χ4v) is 7.39. The summed E-state index contributed by atoms with van der Waals surface area (Å²) in [5.74, 6) is 0.00188. The Kier molecular flexibility index (Phi) is 4.69. The summed E-state index contributed by atoms with van der Waals surface area (Å²) in [4.78, 5) is 16.8. The SMILES string of the molecule is CC1(C)c2ssc(=S)c2-c2ccccc2N1C(=O)c1ccc(-c2ccccc2)cc1. The number of para-hydroxylation sites is 1. The molecule has 0 unspecified atom stereocenters. The van der Waals surface area contributed by atoms with Gasteiger partial charge in [-0.05, 0) is 43.2 Å². The molecule has 5 heteroatoms. The van der Waals surface area contributed by atoms with Crippen LogP contribution in [-0.2, 0) is 5.54 Å². The Morgan fingerprint density at radius 3 is 2.20 bits per heavy atom. The second-order valence-corrected chi connectivity index (χ2v) is 10.6. The summed E-state index contributed by atoms with van der Waals surface area (Å²) in [6.07, 6.45) is 0. The van der Waals surface area contributed by atoms with Crippen LogP contribution in [0.3, 0.4) is 0 Å². The number of benzene rings is 3. The van der Waals surface area contributed by atoms with Gasteiger partial charge >= 0.3 is 0 Å². The first-order valence-electron chi connectivity index (χ1n) is 9.71. The van der Waals surface area contributed by atoms with E-state index in [0.717, 1.165) is 36.6 Å². The molecule has 0 atom stereocenters. The Hall–Kier alpha value is -2.60. The summed E-state index contributed by atoms with van der Waals surface area (Å²) in [7, 11) is 3.30. The molecule has 4 aromatic rings. The van der Waals surface area contributed by atoms with Crippen LogP contribution in [0.5, 0.6) is 0 Å². The molecule has 1 amide bonds. The highest BCUT2D eigenvalue weighted by Crippen LogP contribution is 2.52. The second kappa shape index (κ2) is 7.27. The topological polar surface area (TPSA) is 20.3 Å². The Morgan fingerprint density at radius 1 is 0.833 bits per heavy atom. The maximum atomic E-state index is 13.8. The number of hydrogen-bond donors (Lipinski definition) is 0. The predicted molar refractivity (Wildman–Crippen MR) is 130 cm³/mol. The third-order valence-electron chi connectivity index (χ3n) is 5.60. The Balaban J connectivity index is 1.60. The smallest absolute Gasteiger partial charge is 0.259 e. The zero-order valence-corrected chi connectivity index (χ0v) is 19.0. The molecule has 0 spiro atoms. The van der Waals surface area contributed by atoms with Crippen molar-refractivity contribution in [3.05, 3.63) is 93.1 Å². The number of hydrogen-bond acceptors (Lipinski definition) is 4. The first-order chi connectivity index (χ1) is 14.5. The van der Waals surface area contributed by atoms with E-state index < -0.39 is 5.54 Å². The first kappa shape index (κ1) is 19.4. The molecule has 1 aliphatic heterocycles. The molecular formula is C25H19NOS3. The largest absolute Gasteiger partial charge is 0.297 e. The van der Waals surface area contributed by atoms with Gasteiger partial charge in [0.25, 0.3) is 5.91 Å². The van der Waals surface area contributed by atoms with Crippen molar-refractivity contribution in [1.29, 1.82) is 0 Å². The maximum Gasteiger partial charge on any atom is 0.259 e. The summed E-state index contributed by atoms with van der Waals surface area (Å²) in [5, 5.41) is 0. The van der Waals surface area contributed by atoms with E-state index >= 15 is 0 Å². The van der Waals surface area contributed by atoms with Crippen LogP contribution in [0.1, 0.15) is 29.1 Å². The molecule has 2 nitrogen and oxygen atoms in total. The Morgan fingerprint density at radius 2 is 1.47 bits per heavy atom. The summed E-state index contributed by atoms with van der Waals surface area (Å²) < 4.78 is 0.898. The monoisotopic (exact) mass is 445 g/mol. The molecule has 30 heavy (non-hydrogen) atoms. The molecule has 5 rings (SSSR count). The van der Waals surface area contributed by atoms with Gasteiger partial charge in [-0.1, -0.05) is 93.6 Å². The van der Waals surface area contributed by atoms with Crippen LogP contribution in [-0.4, -0.2) is 5.91 Å². The van der Waals surface area contributed by atoms with Crippen LogP contribution in [0.25, 0.3) is 22.3 Å². The van der Waals surface area contributed by atoms with Gasteiger partial charge in [-0.15, -0.1) is 0 Å². The van der Waals surface area contributed by atoms with Crippen molar-refractivity contribution in [2.75, 3.05) is 4.90 Å². The lowest BCUT2D eigenvalue weighted by Crippen LogP contribution is -2.47. The van der Waals surface area contributed by atoms with E-state index in [1.54, 1.807) is 20.7 Å². The van der Waals surface area contributed by atoms with Crippen molar-refractivity contribution in [3.63, 3.8) is 0 Å². The number of anilines is 1. The highest BCUT2D eigenvalue weighted by atomic mass is 32.9. The molecule has 148 valence electrons. The molecule has 0 saturated heterocycles. The summed E-state index contributed by atoms with van der Waals surface area (Å²) in [6.45, 7) is 4.21. The maximum absolute atomic E-state index is 13.8. The number of fused-ring (bicyclic) bond motifs is 3. The first-order valence-corrected chi connectivity index (χ1v) is 12.3. The lowest BCUT2D eigenvalue weighted by Gasteiger charge is -2.43. The molecule has 0 fully saturated rings. The van der Waals surface area contributed by atoms with Gasteiger partial charge in [0, 0.05) is 16.7 Å². The fourth-order valence-electron chi connectivity index (χ4n) is 4.11. The number of nitrogens with zero attached hydrogens (tertiary/aromatic N) is 1. The molecule has 2 heterocycles. The number of carbonyl (C=O) groups excluding carboxylic acids is 1. The number of amides is 1. The van der Waals surface area contributed by atoms with Gasteiger partial charge in [0.1, 0.15) is 3.82 Å². The van der Waals surface area contributed by atoms with Crippen LogP contribution in [0.4, 0.5) is 5.69 Å². The van der Waals surface area contributed by atoms with Crippen LogP contribution < -0.4 is 4.90 Å². The molecule has 0 saturated carbocycles. The van der Waals surface area contributed by atoms with Crippen LogP contribution in [0.15, 0.2) is 78.9 Å². The molecule has 0 bridgehead atoms. The van der Waals surface area contributed by atoms with E-state index in [1.807, 2.05) is 65.6 Å². The van der Waals surface area contributed by atoms with Gasteiger partial charge in [0.2, 0.25) is 0 Å². The van der Waals surface area contributed by atoms with E-state index in [0.29, 0.717) is 5.56 Å². The van der Waals surface area contributed by atoms with E-state index in [-0.39, 0.29) is 5.91 Å². The molecule has 0 N–H and O–H groups in total. The zero-order valence-electron chi connectivity index (χ0n) is 16.6. The third kappa shape index (κ3) is 2.97. The van der Waals surface area contributed by atoms with Gasteiger partial charge in [-0.25, -0.2) is 0 Å². The fraction of sp³-hybridized carbons (Fsp3) is 0.120. The summed E-state index contributed by atoms with van der Waals surface area (Å²) in [5.41, 5.74) is 5.53. The minimum atomic E-state index is -0.475. The van der Waals surface area contributed by atoms with Crippen molar-refractivity contribution in [2.45, 2.75) is 19.4 Å². The van der Waals surface area contributed by atoms with Gasteiger partial charge in [0.05, 0.1) is 16.1 Å². The van der Waals surface area contributed by atoms with Crippen molar-refractivity contribution in [1.82, 2.24) is 0 Å². The standard InChI is InChI=1S/C25H19NOS3/c1-25(2)22-21(24(28)30-29-22)19-10-6-7-11-20(19)26(25)23(27)18-14-12-17(13-15-18)16-8-4-3-5-9-16/h3-15H,1-2H3. The highest BCUT2D eigenvalue weighted by molar-refractivity contribution is 7.80. The van der Waals surface area contributed by atoms with Crippen LogP contribution in [0.2, 0.25) is 0 Å². The molecule has 0 aliphatic carbocycles. The number of carbonyl (C=O) groups is 1. The third-order valence-corrected chi connectivity index (χ3v) is 8.93. The van der Waals surface area contributed by atoms with E-state index in [4.69, 9.17) is 12.2 Å². The van der Waals surface area contributed by atoms with Crippen molar-refractivity contribution < 1.29 is 4.79 Å². The molecule has 0 radical (unpaired) electrons. The van der Waals surface area contributed by atoms with Gasteiger partial charge in [-0.3, -0.25) is 9.69 Å². The van der Waals surface area contributed by atoms with Crippen molar-refractivity contribution in [2.24, 2.45) is 0 Å². The zero-order chi connectivity index (χ0) is 20.9. The van der Waals surface area contributed by atoms with Crippen LogP contribution in [0, 0.1) is 3.82 Å². The molecule has 3 aromatic carbocycles. The lowest BCUT2D eigenvalue weighted by atomic mass is 9.87. The van der Waals surface area contributed by atoms with E-state index in [2.05, 4.69) is 32.0 Å². The normalized spacial score (nSPS) is 14.1. The van der Waals surface area contributed by atoms with E-state index in [9.17, 15) is 4.79 Å². The van der Waals surface area contributed by atoms with Gasteiger partial charge < -0.3 is 0 Å². The molecular weight excluding hydrogens is 426 g/mol. The Labute approximate surface area is 188 Å². The molecule has 1 aliphatic rings. The average Bonchev–Trinajstić information content (AvgIpc) is 3.17. The van der Waals surface area contributed by atoms with Crippen LogP contribution >= 0.6 is 32.9 Å². The molecule has 1 aromatic heterocycles. The average molecular weight is 446 g/mol.